The Kier molecular flexibility index (Phi) is 5.75. The summed E-state index contributed by atoms with van der Waals surface area (Å²) in [4.78, 5) is 40.5. The summed E-state index contributed by atoms with van der Waals surface area (Å²) in [6.07, 6.45) is 0.160. The molecule has 0 saturated heterocycles. The maximum Gasteiger partial charge on any atom is 0.335 e. The van der Waals surface area contributed by atoms with Crippen molar-refractivity contribution >= 4 is 17.8 Å². The lowest BCUT2D eigenvalue weighted by atomic mass is 10.0. The smallest absolute Gasteiger partial charge is 0.335 e. The van der Waals surface area contributed by atoms with Crippen molar-refractivity contribution in [2.45, 2.75) is 12.5 Å². The summed E-state index contributed by atoms with van der Waals surface area (Å²) in [6, 6.07) is 31.8. The second-order valence-electron chi connectivity index (χ2n) is 8.04. The SMILES string of the molecule is O=C(Oc1ccc(-c2ccccc2)cc1)C(Cc1ccccc1)N1C(=O)c2ccccc2C1=O. The van der Waals surface area contributed by atoms with Gasteiger partial charge in [-0.15, -0.1) is 0 Å². The molecular weight excluding hydrogens is 426 g/mol. The summed E-state index contributed by atoms with van der Waals surface area (Å²) in [7, 11) is 0. The molecule has 1 atom stereocenters. The Morgan fingerprint density at radius 3 is 1.74 bits per heavy atom. The molecule has 5 heteroatoms. The Morgan fingerprint density at radius 2 is 1.15 bits per heavy atom. The van der Waals surface area contributed by atoms with Gasteiger partial charge in [-0.2, -0.15) is 0 Å². The molecule has 0 N–H and O–H groups in total. The van der Waals surface area contributed by atoms with Crippen LogP contribution in [0.25, 0.3) is 11.1 Å². The molecule has 0 aliphatic carbocycles. The van der Waals surface area contributed by atoms with E-state index in [1.54, 1.807) is 36.4 Å². The second kappa shape index (κ2) is 9.16. The first-order valence-corrected chi connectivity index (χ1v) is 11.0. The van der Waals surface area contributed by atoms with E-state index in [0.29, 0.717) is 16.9 Å². The van der Waals surface area contributed by atoms with Gasteiger partial charge in [-0.1, -0.05) is 84.9 Å². The molecule has 166 valence electrons. The average Bonchev–Trinajstić information content (AvgIpc) is 3.14. The zero-order chi connectivity index (χ0) is 23.5. The van der Waals surface area contributed by atoms with E-state index in [1.165, 1.54) is 0 Å². The maximum absolute atomic E-state index is 13.3. The first-order chi connectivity index (χ1) is 16.6. The summed E-state index contributed by atoms with van der Waals surface area (Å²) in [5.74, 6) is -1.29. The van der Waals surface area contributed by atoms with Gasteiger partial charge >= 0.3 is 5.97 Å². The number of nitrogens with zero attached hydrogens (tertiary/aromatic N) is 1. The number of fused-ring (bicyclic) bond motifs is 1. The Labute approximate surface area is 197 Å². The molecule has 1 aliphatic rings. The fraction of sp³-hybridized carbons (Fsp3) is 0.0690. The van der Waals surface area contributed by atoms with Crippen LogP contribution in [0.4, 0.5) is 0 Å². The molecule has 4 aromatic rings. The number of hydrogen-bond donors (Lipinski definition) is 0. The fourth-order valence-electron chi connectivity index (χ4n) is 4.14. The largest absolute Gasteiger partial charge is 0.425 e. The molecule has 0 aromatic heterocycles. The third-order valence-electron chi connectivity index (χ3n) is 5.86. The molecule has 1 unspecified atom stereocenters. The van der Waals surface area contributed by atoms with Crippen molar-refractivity contribution in [2.24, 2.45) is 0 Å². The summed E-state index contributed by atoms with van der Waals surface area (Å²) in [6.45, 7) is 0. The highest BCUT2D eigenvalue weighted by molar-refractivity contribution is 6.22. The van der Waals surface area contributed by atoms with Crippen LogP contribution in [-0.2, 0) is 11.2 Å². The van der Waals surface area contributed by atoms with Gasteiger partial charge in [-0.3, -0.25) is 14.5 Å². The second-order valence-corrected chi connectivity index (χ2v) is 8.04. The molecule has 5 rings (SSSR count). The molecule has 4 aromatic carbocycles. The van der Waals surface area contributed by atoms with Crippen LogP contribution < -0.4 is 4.74 Å². The number of imide groups is 1. The standard InChI is InChI=1S/C29H21NO4/c31-27-24-13-7-8-14-25(24)28(32)30(27)26(19-20-9-3-1-4-10-20)29(33)34-23-17-15-22(16-18-23)21-11-5-2-6-12-21/h1-18,26H,19H2. The Bertz CT molecular complexity index is 1310. The highest BCUT2D eigenvalue weighted by Crippen LogP contribution is 2.28. The lowest BCUT2D eigenvalue weighted by Crippen LogP contribution is -2.48. The van der Waals surface area contributed by atoms with E-state index in [-0.39, 0.29) is 6.42 Å². The lowest BCUT2D eigenvalue weighted by molar-refractivity contribution is -0.138. The van der Waals surface area contributed by atoms with Gasteiger partial charge in [0.1, 0.15) is 11.8 Å². The van der Waals surface area contributed by atoms with Crippen molar-refractivity contribution in [1.29, 1.82) is 0 Å². The highest BCUT2D eigenvalue weighted by atomic mass is 16.5. The number of benzene rings is 4. The van der Waals surface area contributed by atoms with Crippen LogP contribution in [0.15, 0.2) is 109 Å². The molecule has 1 heterocycles. The fourth-order valence-corrected chi connectivity index (χ4v) is 4.14. The van der Waals surface area contributed by atoms with E-state index >= 15 is 0 Å². The normalized spacial score (nSPS) is 13.5. The molecule has 0 spiro atoms. The van der Waals surface area contributed by atoms with Crippen molar-refractivity contribution < 1.29 is 19.1 Å². The Morgan fingerprint density at radius 1 is 0.647 bits per heavy atom. The highest BCUT2D eigenvalue weighted by Gasteiger charge is 2.43. The van der Waals surface area contributed by atoms with Crippen LogP contribution in [0.2, 0.25) is 0 Å². The predicted octanol–water partition coefficient (Wildman–Crippen LogP) is 5.17. The van der Waals surface area contributed by atoms with Crippen molar-refractivity contribution in [3.63, 3.8) is 0 Å². The molecular formula is C29H21NO4. The zero-order valence-corrected chi connectivity index (χ0v) is 18.3. The molecule has 0 bridgehead atoms. The van der Waals surface area contributed by atoms with Gasteiger partial charge in [0.25, 0.3) is 11.8 Å². The van der Waals surface area contributed by atoms with Gasteiger partial charge in [-0.25, -0.2) is 4.79 Å². The Hall–Kier alpha value is -4.51. The van der Waals surface area contributed by atoms with Crippen LogP contribution >= 0.6 is 0 Å². The monoisotopic (exact) mass is 447 g/mol. The number of ether oxygens (including phenoxy) is 1. The van der Waals surface area contributed by atoms with E-state index in [4.69, 9.17) is 4.74 Å². The third kappa shape index (κ3) is 4.11. The Balaban J connectivity index is 1.42. The molecule has 0 fully saturated rings. The average molecular weight is 447 g/mol. The molecule has 2 amide bonds. The summed E-state index contributed by atoms with van der Waals surface area (Å²) in [5.41, 5.74) is 3.45. The van der Waals surface area contributed by atoms with Crippen molar-refractivity contribution in [3.8, 4) is 16.9 Å². The van der Waals surface area contributed by atoms with Crippen molar-refractivity contribution in [2.75, 3.05) is 0 Å². The van der Waals surface area contributed by atoms with E-state index < -0.39 is 23.8 Å². The van der Waals surface area contributed by atoms with Gasteiger partial charge in [0, 0.05) is 6.42 Å². The number of carbonyl (C=O) groups excluding carboxylic acids is 3. The van der Waals surface area contributed by atoms with Gasteiger partial charge < -0.3 is 4.74 Å². The minimum absolute atomic E-state index is 0.160. The molecule has 0 saturated carbocycles. The maximum atomic E-state index is 13.3. The quantitative estimate of drug-likeness (QED) is 0.233. The van der Waals surface area contributed by atoms with E-state index in [9.17, 15) is 14.4 Å². The molecule has 1 aliphatic heterocycles. The van der Waals surface area contributed by atoms with Gasteiger partial charge in [-0.05, 0) is 41.0 Å². The minimum atomic E-state index is -1.09. The lowest BCUT2D eigenvalue weighted by Gasteiger charge is -2.24. The van der Waals surface area contributed by atoms with Gasteiger partial charge in [0.2, 0.25) is 0 Å². The van der Waals surface area contributed by atoms with E-state index in [1.807, 2.05) is 72.8 Å². The van der Waals surface area contributed by atoms with Crippen LogP contribution in [0.3, 0.4) is 0 Å². The molecule has 5 nitrogen and oxygen atoms in total. The van der Waals surface area contributed by atoms with Crippen molar-refractivity contribution in [3.05, 3.63) is 126 Å². The molecule has 34 heavy (non-hydrogen) atoms. The summed E-state index contributed by atoms with van der Waals surface area (Å²) >= 11 is 0. The first kappa shape index (κ1) is 21.3. The number of carbonyl (C=O) groups is 3. The van der Waals surface area contributed by atoms with Crippen LogP contribution in [0.5, 0.6) is 5.75 Å². The summed E-state index contributed by atoms with van der Waals surface area (Å²) in [5, 5.41) is 0. The number of rotatable bonds is 6. The van der Waals surface area contributed by atoms with Gasteiger partial charge in [0.15, 0.2) is 0 Å². The number of esters is 1. The zero-order valence-electron chi connectivity index (χ0n) is 18.3. The summed E-state index contributed by atoms with van der Waals surface area (Å²) < 4.78 is 5.66. The number of hydrogen-bond acceptors (Lipinski definition) is 4. The molecule has 0 radical (unpaired) electrons. The topological polar surface area (TPSA) is 63.7 Å². The van der Waals surface area contributed by atoms with Gasteiger partial charge in [0.05, 0.1) is 11.1 Å². The minimum Gasteiger partial charge on any atom is -0.425 e. The van der Waals surface area contributed by atoms with Crippen LogP contribution in [0.1, 0.15) is 26.3 Å². The van der Waals surface area contributed by atoms with Crippen LogP contribution in [0, 0.1) is 0 Å². The predicted molar refractivity (Wildman–Crippen MR) is 128 cm³/mol. The van der Waals surface area contributed by atoms with E-state index in [2.05, 4.69) is 0 Å². The van der Waals surface area contributed by atoms with Crippen LogP contribution in [-0.4, -0.2) is 28.7 Å². The first-order valence-electron chi connectivity index (χ1n) is 11.0. The number of amides is 2. The van der Waals surface area contributed by atoms with E-state index in [0.717, 1.165) is 21.6 Å². The van der Waals surface area contributed by atoms with Crippen molar-refractivity contribution in [1.82, 2.24) is 4.90 Å². The third-order valence-corrected chi connectivity index (χ3v) is 5.86.